The van der Waals surface area contributed by atoms with Crippen molar-refractivity contribution >= 4 is 0 Å². The lowest BCUT2D eigenvalue weighted by Gasteiger charge is -2.38. The molecule has 0 aromatic heterocycles. The number of hydrogen-bond donors (Lipinski definition) is 0. The van der Waals surface area contributed by atoms with E-state index < -0.39 is 0 Å². The van der Waals surface area contributed by atoms with Crippen molar-refractivity contribution in [2.75, 3.05) is 20.7 Å². The van der Waals surface area contributed by atoms with E-state index in [0.717, 1.165) is 12.3 Å². The summed E-state index contributed by atoms with van der Waals surface area (Å²) in [6.07, 6.45) is 1.18. The third-order valence-corrected chi connectivity index (χ3v) is 3.92. The summed E-state index contributed by atoms with van der Waals surface area (Å²) in [4.78, 5) is 2.41. The maximum atomic E-state index is 5.50. The maximum absolute atomic E-state index is 5.50. The predicted molar refractivity (Wildman–Crippen MR) is 82.7 cm³/mol. The van der Waals surface area contributed by atoms with Crippen LogP contribution >= 0.6 is 0 Å². The molecule has 0 fully saturated rings. The van der Waals surface area contributed by atoms with E-state index in [9.17, 15) is 0 Å². The number of ether oxygens (including phenoxy) is 1. The van der Waals surface area contributed by atoms with Crippen LogP contribution in [0.3, 0.4) is 0 Å². The van der Waals surface area contributed by atoms with Gasteiger partial charge in [-0.2, -0.15) is 0 Å². The molecule has 0 amide bonds. The van der Waals surface area contributed by atoms with Crippen molar-refractivity contribution in [1.82, 2.24) is 4.90 Å². The number of para-hydroxylation sites is 1. The molecule has 1 rings (SSSR count). The summed E-state index contributed by atoms with van der Waals surface area (Å²) in [5.74, 6) is 0.968. The lowest BCUT2D eigenvalue weighted by Crippen LogP contribution is -2.40. The Morgan fingerprint density at radius 3 is 2.16 bits per heavy atom. The first kappa shape index (κ1) is 16.0. The van der Waals surface area contributed by atoms with Crippen molar-refractivity contribution in [3.8, 4) is 5.75 Å². The highest BCUT2D eigenvalue weighted by molar-refractivity contribution is 5.38. The standard InChI is InChI=1S/C17H29NO/c1-16(2,3)12-13-18(6)17(4,5)14-10-8-9-11-15(14)19-7/h8-11H,12-13H2,1-7H3. The van der Waals surface area contributed by atoms with E-state index >= 15 is 0 Å². The van der Waals surface area contributed by atoms with Gasteiger partial charge in [-0.15, -0.1) is 0 Å². The van der Waals surface area contributed by atoms with Crippen LogP contribution in [0.1, 0.15) is 46.6 Å². The molecule has 0 aliphatic carbocycles. The summed E-state index contributed by atoms with van der Waals surface area (Å²) in [6, 6.07) is 8.30. The van der Waals surface area contributed by atoms with Crippen molar-refractivity contribution in [2.45, 2.75) is 46.6 Å². The van der Waals surface area contributed by atoms with Crippen molar-refractivity contribution in [3.05, 3.63) is 29.8 Å². The average molecular weight is 263 g/mol. The van der Waals surface area contributed by atoms with E-state index in [4.69, 9.17) is 4.74 Å². The first-order chi connectivity index (χ1) is 8.68. The van der Waals surface area contributed by atoms with Crippen LogP contribution < -0.4 is 4.74 Å². The molecule has 0 heterocycles. The summed E-state index contributed by atoms with van der Waals surface area (Å²) < 4.78 is 5.50. The summed E-state index contributed by atoms with van der Waals surface area (Å²) >= 11 is 0. The number of benzene rings is 1. The van der Waals surface area contributed by atoms with Gasteiger partial charge in [0.2, 0.25) is 0 Å². The van der Waals surface area contributed by atoms with Crippen LogP contribution in [-0.4, -0.2) is 25.6 Å². The molecule has 0 radical (unpaired) electrons. The Kier molecular flexibility index (Phi) is 5.03. The summed E-state index contributed by atoms with van der Waals surface area (Å²) in [7, 11) is 3.93. The monoisotopic (exact) mass is 263 g/mol. The van der Waals surface area contributed by atoms with Crippen molar-refractivity contribution in [1.29, 1.82) is 0 Å². The predicted octanol–water partition coefficient (Wildman–Crippen LogP) is 4.30. The molecular weight excluding hydrogens is 234 g/mol. The zero-order valence-corrected chi connectivity index (χ0v) is 13.6. The van der Waals surface area contributed by atoms with E-state index in [2.05, 4.69) is 58.7 Å². The topological polar surface area (TPSA) is 12.5 Å². The van der Waals surface area contributed by atoms with Crippen LogP contribution in [-0.2, 0) is 5.54 Å². The van der Waals surface area contributed by atoms with Gasteiger partial charge in [-0.3, -0.25) is 4.90 Å². The second-order valence-corrected chi connectivity index (χ2v) is 6.99. The van der Waals surface area contributed by atoms with Crippen molar-refractivity contribution in [3.63, 3.8) is 0 Å². The minimum absolute atomic E-state index is 0.0299. The fraction of sp³-hybridized carbons (Fsp3) is 0.647. The molecule has 108 valence electrons. The molecule has 0 unspecified atom stereocenters. The fourth-order valence-electron chi connectivity index (χ4n) is 2.14. The molecule has 2 heteroatoms. The fourth-order valence-corrected chi connectivity index (χ4v) is 2.14. The number of hydrogen-bond acceptors (Lipinski definition) is 2. The zero-order valence-electron chi connectivity index (χ0n) is 13.6. The third-order valence-electron chi connectivity index (χ3n) is 3.92. The Hall–Kier alpha value is -1.02. The average Bonchev–Trinajstić information content (AvgIpc) is 2.34. The van der Waals surface area contributed by atoms with Gasteiger partial charge in [0.05, 0.1) is 7.11 Å². The summed E-state index contributed by atoms with van der Waals surface area (Å²) in [5.41, 5.74) is 1.58. The van der Waals surface area contributed by atoms with E-state index in [1.807, 2.05) is 12.1 Å². The van der Waals surface area contributed by atoms with Gasteiger partial charge in [0, 0.05) is 11.1 Å². The molecule has 0 bridgehead atoms. The van der Waals surface area contributed by atoms with Crippen LogP contribution in [0.4, 0.5) is 0 Å². The third kappa shape index (κ3) is 4.24. The van der Waals surface area contributed by atoms with E-state index in [1.165, 1.54) is 12.0 Å². The first-order valence-corrected chi connectivity index (χ1v) is 7.03. The van der Waals surface area contributed by atoms with Gasteiger partial charge in [0.25, 0.3) is 0 Å². The molecule has 0 saturated heterocycles. The van der Waals surface area contributed by atoms with Crippen molar-refractivity contribution in [2.24, 2.45) is 5.41 Å². The molecule has 19 heavy (non-hydrogen) atoms. The Morgan fingerprint density at radius 2 is 1.63 bits per heavy atom. The van der Waals surface area contributed by atoms with Gasteiger partial charge in [-0.05, 0) is 45.3 Å². The molecule has 0 aliphatic heterocycles. The number of methoxy groups -OCH3 is 1. The summed E-state index contributed by atoms with van der Waals surface area (Å²) in [6.45, 7) is 12.5. The SMILES string of the molecule is COc1ccccc1C(C)(C)N(C)CCC(C)(C)C. The largest absolute Gasteiger partial charge is 0.496 e. The molecule has 0 spiro atoms. The second-order valence-electron chi connectivity index (χ2n) is 6.99. The Bertz CT molecular complexity index is 404. The molecule has 2 nitrogen and oxygen atoms in total. The van der Waals surface area contributed by atoms with Gasteiger partial charge >= 0.3 is 0 Å². The lowest BCUT2D eigenvalue weighted by atomic mass is 9.88. The minimum atomic E-state index is -0.0299. The zero-order chi connectivity index (χ0) is 14.7. The quantitative estimate of drug-likeness (QED) is 0.785. The molecular formula is C17H29NO. The molecule has 0 aliphatic rings. The van der Waals surface area contributed by atoms with Crippen molar-refractivity contribution < 1.29 is 4.74 Å². The van der Waals surface area contributed by atoms with Gasteiger partial charge in [-0.1, -0.05) is 39.0 Å². The molecule has 0 atom stereocenters. The highest BCUT2D eigenvalue weighted by Crippen LogP contribution is 2.34. The molecule has 0 saturated carbocycles. The highest BCUT2D eigenvalue weighted by Gasteiger charge is 2.29. The smallest absolute Gasteiger partial charge is 0.123 e. The molecule has 0 N–H and O–H groups in total. The minimum Gasteiger partial charge on any atom is -0.496 e. The summed E-state index contributed by atoms with van der Waals surface area (Å²) in [5, 5.41) is 0. The Balaban J connectivity index is 2.90. The van der Waals surface area contributed by atoms with Crippen LogP contribution in [0, 0.1) is 5.41 Å². The Morgan fingerprint density at radius 1 is 1.05 bits per heavy atom. The van der Waals surface area contributed by atoms with Crippen LogP contribution in [0.2, 0.25) is 0 Å². The van der Waals surface area contributed by atoms with E-state index in [1.54, 1.807) is 7.11 Å². The molecule has 1 aromatic rings. The lowest BCUT2D eigenvalue weighted by molar-refractivity contribution is 0.133. The van der Waals surface area contributed by atoms with E-state index in [0.29, 0.717) is 5.41 Å². The van der Waals surface area contributed by atoms with Gasteiger partial charge in [0.1, 0.15) is 5.75 Å². The van der Waals surface area contributed by atoms with Crippen LogP contribution in [0.25, 0.3) is 0 Å². The molecule has 1 aromatic carbocycles. The Labute approximate surface area is 118 Å². The maximum Gasteiger partial charge on any atom is 0.123 e. The van der Waals surface area contributed by atoms with Gasteiger partial charge < -0.3 is 4.74 Å². The number of nitrogens with zero attached hydrogens (tertiary/aromatic N) is 1. The highest BCUT2D eigenvalue weighted by atomic mass is 16.5. The number of rotatable bonds is 5. The van der Waals surface area contributed by atoms with Gasteiger partial charge in [-0.25, -0.2) is 0 Å². The second kappa shape index (κ2) is 5.96. The van der Waals surface area contributed by atoms with E-state index in [-0.39, 0.29) is 5.54 Å². The normalized spacial score (nSPS) is 12.8. The first-order valence-electron chi connectivity index (χ1n) is 7.03. The van der Waals surface area contributed by atoms with Gasteiger partial charge in [0.15, 0.2) is 0 Å². The van der Waals surface area contributed by atoms with Crippen LogP contribution in [0.5, 0.6) is 5.75 Å². The van der Waals surface area contributed by atoms with Crippen LogP contribution in [0.15, 0.2) is 24.3 Å².